The first-order chi connectivity index (χ1) is 14.1. The minimum absolute atomic E-state index is 0.0598. The van der Waals surface area contributed by atoms with E-state index < -0.39 is 0 Å². The molecule has 29 heavy (non-hydrogen) atoms. The highest BCUT2D eigenvalue weighted by Crippen LogP contribution is 2.40. The molecule has 0 spiro atoms. The van der Waals surface area contributed by atoms with E-state index in [1.807, 2.05) is 37.3 Å². The molecule has 1 saturated carbocycles. The molecule has 1 atom stereocenters. The second-order valence-corrected chi connectivity index (χ2v) is 7.82. The monoisotopic (exact) mass is 392 g/mol. The van der Waals surface area contributed by atoms with Crippen molar-refractivity contribution in [2.24, 2.45) is 0 Å². The van der Waals surface area contributed by atoms with Crippen LogP contribution in [-0.4, -0.2) is 28.5 Å². The van der Waals surface area contributed by atoms with Gasteiger partial charge >= 0.3 is 0 Å². The van der Waals surface area contributed by atoms with Gasteiger partial charge in [-0.2, -0.15) is 0 Å². The molecule has 2 aromatic heterocycles. The number of anilines is 1. The van der Waals surface area contributed by atoms with E-state index in [1.54, 1.807) is 6.26 Å². The fraction of sp³-hybridized carbons (Fsp3) is 0.435. The number of hydrogen-bond acceptors (Lipinski definition) is 5. The summed E-state index contributed by atoms with van der Waals surface area (Å²) in [5.74, 6) is 3.16. The van der Waals surface area contributed by atoms with Crippen molar-refractivity contribution < 1.29 is 9.21 Å². The third kappa shape index (κ3) is 4.75. The highest BCUT2D eigenvalue weighted by atomic mass is 16.3. The second-order valence-electron chi connectivity index (χ2n) is 7.82. The lowest BCUT2D eigenvalue weighted by Gasteiger charge is -2.25. The molecule has 3 aromatic rings. The maximum Gasteiger partial charge on any atom is 0.221 e. The van der Waals surface area contributed by atoms with E-state index in [1.165, 1.54) is 0 Å². The van der Waals surface area contributed by atoms with E-state index in [0.717, 1.165) is 47.6 Å². The van der Waals surface area contributed by atoms with E-state index in [4.69, 9.17) is 14.4 Å². The summed E-state index contributed by atoms with van der Waals surface area (Å²) in [6.07, 6.45) is 5.29. The fourth-order valence-electron chi connectivity index (χ4n) is 3.38. The minimum atomic E-state index is 0.0598. The Morgan fingerprint density at radius 3 is 2.79 bits per heavy atom. The Labute approximate surface area is 171 Å². The summed E-state index contributed by atoms with van der Waals surface area (Å²) in [5, 5.41) is 4.06. The summed E-state index contributed by atoms with van der Waals surface area (Å²) < 4.78 is 5.59. The van der Waals surface area contributed by atoms with Crippen LogP contribution in [0.4, 0.5) is 5.82 Å². The molecule has 1 N–H and O–H groups in total. The first-order valence-corrected chi connectivity index (χ1v) is 10.5. The predicted molar refractivity (Wildman–Crippen MR) is 114 cm³/mol. The maximum absolute atomic E-state index is 12.4. The molecular weight excluding hydrogens is 364 g/mol. The number of rotatable bonds is 9. The zero-order valence-electron chi connectivity index (χ0n) is 17.1. The number of nitrogens with one attached hydrogen (secondary N) is 1. The number of benzene rings is 1. The van der Waals surface area contributed by atoms with Gasteiger partial charge in [0.15, 0.2) is 0 Å². The van der Waals surface area contributed by atoms with Crippen LogP contribution < -0.4 is 10.2 Å². The lowest BCUT2D eigenvalue weighted by atomic mass is 10.2. The van der Waals surface area contributed by atoms with Crippen molar-refractivity contribution >= 4 is 22.6 Å². The van der Waals surface area contributed by atoms with E-state index in [-0.39, 0.29) is 11.9 Å². The van der Waals surface area contributed by atoms with Gasteiger partial charge in [-0.05, 0) is 50.5 Å². The molecule has 0 unspecified atom stereocenters. The minimum Gasteiger partial charge on any atom is -0.467 e. The number of furan rings is 1. The highest BCUT2D eigenvalue weighted by molar-refractivity contribution is 5.89. The average molecular weight is 393 g/mol. The number of carbonyl (C=O) groups excluding carboxylic acids is 1. The van der Waals surface area contributed by atoms with Gasteiger partial charge in [-0.1, -0.05) is 19.1 Å². The number of para-hydroxylation sites is 1. The van der Waals surface area contributed by atoms with Gasteiger partial charge in [0.2, 0.25) is 5.91 Å². The van der Waals surface area contributed by atoms with Crippen molar-refractivity contribution in [3.05, 3.63) is 54.2 Å². The third-order valence-corrected chi connectivity index (χ3v) is 5.40. The van der Waals surface area contributed by atoms with Crippen molar-refractivity contribution in [3.8, 4) is 0 Å². The number of aromatic nitrogens is 2. The van der Waals surface area contributed by atoms with E-state index in [2.05, 4.69) is 23.2 Å². The third-order valence-electron chi connectivity index (χ3n) is 5.40. The van der Waals surface area contributed by atoms with Gasteiger partial charge in [-0.25, -0.2) is 9.97 Å². The standard InChI is InChI=1S/C23H28N4O2/c1-3-16(2)24-21(28)12-13-27(15-18-7-6-14-29-18)23-19-8-4-5-9-20(19)25-22(26-23)17-10-11-17/h4-9,14,16-17H,3,10-13,15H2,1-2H3,(H,24,28)/t16-/m0/s1. The molecule has 0 saturated heterocycles. The number of hydrogen-bond donors (Lipinski definition) is 1. The van der Waals surface area contributed by atoms with Crippen LogP contribution in [0.1, 0.15) is 57.0 Å². The Hall–Kier alpha value is -2.89. The molecule has 1 amide bonds. The molecule has 4 rings (SSSR count). The zero-order chi connectivity index (χ0) is 20.2. The first-order valence-electron chi connectivity index (χ1n) is 10.5. The summed E-state index contributed by atoms with van der Waals surface area (Å²) in [6.45, 7) is 5.22. The van der Waals surface area contributed by atoms with E-state index >= 15 is 0 Å². The van der Waals surface area contributed by atoms with E-state index in [0.29, 0.717) is 25.4 Å². The lowest BCUT2D eigenvalue weighted by Crippen LogP contribution is -2.35. The van der Waals surface area contributed by atoms with Gasteiger partial charge in [0.1, 0.15) is 17.4 Å². The Balaban J connectivity index is 1.64. The molecule has 1 aliphatic carbocycles. The number of carbonyl (C=O) groups is 1. The number of nitrogens with zero attached hydrogens (tertiary/aromatic N) is 3. The Kier molecular flexibility index (Phi) is 5.79. The van der Waals surface area contributed by atoms with Crippen LogP contribution in [0.5, 0.6) is 0 Å². The number of fused-ring (bicyclic) bond motifs is 1. The Morgan fingerprint density at radius 1 is 1.24 bits per heavy atom. The van der Waals surface area contributed by atoms with Crippen molar-refractivity contribution in [1.29, 1.82) is 0 Å². The molecule has 6 heteroatoms. The van der Waals surface area contributed by atoms with Crippen molar-refractivity contribution in [1.82, 2.24) is 15.3 Å². The van der Waals surface area contributed by atoms with Gasteiger partial charge in [0, 0.05) is 30.3 Å². The van der Waals surface area contributed by atoms with Gasteiger partial charge in [0.05, 0.1) is 18.3 Å². The van der Waals surface area contributed by atoms with Crippen molar-refractivity contribution in [2.45, 2.75) is 58.0 Å². The van der Waals surface area contributed by atoms with Crippen LogP contribution >= 0.6 is 0 Å². The zero-order valence-corrected chi connectivity index (χ0v) is 17.1. The Morgan fingerprint density at radius 2 is 2.07 bits per heavy atom. The Bertz CT molecular complexity index is 966. The largest absolute Gasteiger partial charge is 0.467 e. The molecule has 152 valence electrons. The van der Waals surface area contributed by atoms with Crippen LogP contribution in [0.3, 0.4) is 0 Å². The molecule has 1 fully saturated rings. The van der Waals surface area contributed by atoms with Crippen LogP contribution in [0.15, 0.2) is 47.1 Å². The smallest absolute Gasteiger partial charge is 0.221 e. The first kappa shape index (κ1) is 19.4. The van der Waals surface area contributed by atoms with Crippen LogP contribution in [0.2, 0.25) is 0 Å². The van der Waals surface area contributed by atoms with Gasteiger partial charge in [0.25, 0.3) is 0 Å². The quantitative estimate of drug-likeness (QED) is 0.584. The van der Waals surface area contributed by atoms with Crippen LogP contribution in [0, 0.1) is 0 Å². The van der Waals surface area contributed by atoms with E-state index in [9.17, 15) is 4.79 Å². The summed E-state index contributed by atoms with van der Waals surface area (Å²) >= 11 is 0. The van der Waals surface area contributed by atoms with Crippen LogP contribution in [-0.2, 0) is 11.3 Å². The van der Waals surface area contributed by atoms with Gasteiger partial charge in [-0.15, -0.1) is 0 Å². The summed E-state index contributed by atoms with van der Waals surface area (Å²) in [4.78, 5) is 24.3. The molecule has 0 radical (unpaired) electrons. The van der Waals surface area contributed by atoms with Crippen molar-refractivity contribution in [2.75, 3.05) is 11.4 Å². The lowest BCUT2D eigenvalue weighted by molar-refractivity contribution is -0.121. The highest BCUT2D eigenvalue weighted by Gasteiger charge is 2.28. The molecule has 1 aliphatic rings. The van der Waals surface area contributed by atoms with Gasteiger partial charge < -0.3 is 14.6 Å². The average Bonchev–Trinajstić information content (AvgIpc) is 3.46. The molecule has 0 bridgehead atoms. The SMILES string of the molecule is CC[C@H](C)NC(=O)CCN(Cc1ccco1)c1nc(C2CC2)nc2ccccc12. The van der Waals surface area contributed by atoms with Crippen LogP contribution in [0.25, 0.3) is 10.9 Å². The molecule has 6 nitrogen and oxygen atoms in total. The van der Waals surface area contributed by atoms with Crippen molar-refractivity contribution in [3.63, 3.8) is 0 Å². The maximum atomic E-state index is 12.4. The summed E-state index contributed by atoms with van der Waals surface area (Å²) in [5.41, 5.74) is 0.952. The topological polar surface area (TPSA) is 71.3 Å². The molecule has 1 aromatic carbocycles. The fourth-order valence-corrected chi connectivity index (χ4v) is 3.38. The molecule has 0 aliphatic heterocycles. The number of amides is 1. The van der Waals surface area contributed by atoms with Gasteiger partial charge in [-0.3, -0.25) is 4.79 Å². The molecular formula is C23H28N4O2. The predicted octanol–water partition coefficient (Wildman–Crippen LogP) is 4.41. The molecule has 2 heterocycles. The normalized spacial score (nSPS) is 14.7. The second kappa shape index (κ2) is 8.64. The summed E-state index contributed by atoms with van der Waals surface area (Å²) in [7, 11) is 0. The summed E-state index contributed by atoms with van der Waals surface area (Å²) in [6, 6.07) is 12.1.